The van der Waals surface area contributed by atoms with Crippen molar-refractivity contribution in [1.82, 2.24) is 19.9 Å². The number of aryl methyl sites for hydroxylation is 2. The predicted molar refractivity (Wildman–Crippen MR) is 119 cm³/mol. The summed E-state index contributed by atoms with van der Waals surface area (Å²) in [5.41, 5.74) is 18.0. The molecule has 1 aliphatic carbocycles. The van der Waals surface area contributed by atoms with Gasteiger partial charge in [-0.2, -0.15) is 4.98 Å². The highest BCUT2D eigenvalue weighted by atomic mass is 16.1. The molecule has 1 amide bonds. The van der Waals surface area contributed by atoms with Gasteiger partial charge in [-0.05, 0) is 67.6 Å². The van der Waals surface area contributed by atoms with Gasteiger partial charge in [0.1, 0.15) is 5.82 Å². The molecule has 4 aromatic rings. The van der Waals surface area contributed by atoms with Crippen LogP contribution in [0.4, 0.5) is 11.8 Å². The summed E-state index contributed by atoms with van der Waals surface area (Å²) in [6.45, 7) is 3.52. The first-order chi connectivity index (χ1) is 14.5. The molecule has 0 fully saturated rings. The van der Waals surface area contributed by atoms with Crippen LogP contribution in [0.25, 0.3) is 21.8 Å². The topological polar surface area (TPSA) is 112 Å². The van der Waals surface area contributed by atoms with Crippen molar-refractivity contribution in [3.05, 3.63) is 58.8 Å². The molecule has 2 heterocycles. The van der Waals surface area contributed by atoms with Crippen LogP contribution in [0.1, 0.15) is 40.5 Å². The van der Waals surface area contributed by atoms with E-state index in [9.17, 15) is 4.79 Å². The van der Waals surface area contributed by atoms with Gasteiger partial charge in [-0.1, -0.05) is 6.07 Å². The van der Waals surface area contributed by atoms with Crippen LogP contribution in [0.5, 0.6) is 0 Å². The number of aromatic nitrogens is 3. The zero-order chi connectivity index (χ0) is 20.8. The zero-order valence-corrected chi connectivity index (χ0v) is 16.9. The largest absolute Gasteiger partial charge is 0.383 e. The summed E-state index contributed by atoms with van der Waals surface area (Å²) in [5, 5.41) is 4.96. The molecule has 5 rings (SSSR count). The quantitative estimate of drug-likeness (QED) is 0.487. The minimum Gasteiger partial charge on any atom is -0.383 e. The summed E-state index contributed by atoms with van der Waals surface area (Å²) >= 11 is 0. The molecule has 152 valence electrons. The molecular formula is C23H24N6O. The first kappa shape index (κ1) is 18.4. The van der Waals surface area contributed by atoms with Crippen molar-refractivity contribution in [1.29, 1.82) is 0 Å². The second-order valence-corrected chi connectivity index (χ2v) is 7.76. The zero-order valence-electron chi connectivity index (χ0n) is 16.9. The number of benzene rings is 2. The third-order valence-corrected chi connectivity index (χ3v) is 5.97. The fourth-order valence-corrected chi connectivity index (χ4v) is 4.59. The fourth-order valence-electron chi connectivity index (χ4n) is 4.59. The maximum absolute atomic E-state index is 12.8. The van der Waals surface area contributed by atoms with E-state index in [1.807, 2.05) is 30.3 Å². The summed E-state index contributed by atoms with van der Waals surface area (Å²) in [5.74, 6) is 0.403. The van der Waals surface area contributed by atoms with Gasteiger partial charge in [-0.25, -0.2) is 4.98 Å². The van der Waals surface area contributed by atoms with Gasteiger partial charge in [0.2, 0.25) is 5.95 Å². The third-order valence-electron chi connectivity index (χ3n) is 5.97. The average Bonchev–Trinajstić information content (AvgIpc) is 3.32. The number of carbonyl (C=O) groups excluding carboxylic acids is 1. The number of anilines is 2. The maximum Gasteiger partial charge on any atom is 0.251 e. The van der Waals surface area contributed by atoms with E-state index in [0.717, 1.165) is 30.3 Å². The van der Waals surface area contributed by atoms with Crippen LogP contribution in [0.3, 0.4) is 0 Å². The van der Waals surface area contributed by atoms with Crippen LogP contribution in [0, 0.1) is 0 Å². The number of nitrogens with two attached hydrogens (primary N) is 2. The number of nitrogens with one attached hydrogen (secondary N) is 1. The lowest BCUT2D eigenvalue weighted by atomic mass is 10.1. The normalized spacial score (nSPS) is 13.1. The molecule has 1 aliphatic rings. The number of rotatable bonds is 4. The molecular weight excluding hydrogens is 376 g/mol. The third kappa shape index (κ3) is 2.94. The van der Waals surface area contributed by atoms with Gasteiger partial charge < -0.3 is 21.4 Å². The number of amides is 1. The molecule has 0 aliphatic heterocycles. The van der Waals surface area contributed by atoms with Gasteiger partial charge in [0.25, 0.3) is 5.91 Å². The minimum atomic E-state index is -0.0884. The van der Waals surface area contributed by atoms with E-state index in [2.05, 4.69) is 32.8 Å². The van der Waals surface area contributed by atoms with Crippen LogP contribution in [0.2, 0.25) is 0 Å². The monoisotopic (exact) mass is 400 g/mol. The highest BCUT2D eigenvalue weighted by Gasteiger charge is 2.21. The molecule has 0 atom stereocenters. The Morgan fingerprint density at radius 2 is 1.97 bits per heavy atom. The highest BCUT2D eigenvalue weighted by Crippen LogP contribution is 2.33. The van der Waals surface area contributed by atoms with E-state index in [0.29, 0.717) is 23.4 Å². The van der Waals surface area contributed by atoms with Crippen molar-refractivity contribution in [2.75, 3.05) is 11.5 Å². The Hall–Kier alpha value is -3.61. The fraction of sp³-hybridized carbons (Fsp3) is 0.261. The van der Waals surface area contributed by atoms with Crippen LogP contribution < -0.4 is 16.8 Å². The molecule has 2 aromatic heterocycles. The van der Waals surface area contributed by atoms with E-state index in [4.69, 9.17) is 11.5 Å². The van der Waals surface area contributed by atoms with Crippen molar-refractivity contribution < 1.29 is 4.79 Å². The summed E-state index contributed by atoms with van der Waals surface area (Å²) in [6.07, 6.45) is 3.41. The van der Waals surface area contributed by atoms with Gasteiger partial charge in [0.15, 0.2) is 0 Å². The Kier molecular flexibility index (Phi) is 4.31. The summed E-state index contributed by atoms with van der Waals surface area (Å²) in [7, 11) is 0. The number of nitrogen functional groups attached to an aromatic ring is 2. The number of carbonyl (C=O) groups is 1. The van der Waals surface area contributed by atoms with Crippen molar-refractivity contribution in [3.8, 4) is 0 Å². The summed E-state index contributed by atoms with van der Waals surface area (Å²) in [4.78, 5) is 21.0. The molecule has 7 heteroatoms. The summed E-state index contributed by atoms with van der Waals surface area (Å²) < 4.78 is 2.38. The predicted octanol–water partition coefficient (Wildman–Crippen LogP) is 3.19. The Morgan fingerprint density at radius 3 is 2.80 bits per heavy atom. The molecule has 0 radical (unpaired) electrons. The van der Waals surface area contributed by atoms with E-state index < -0.39 is 0 Å². The van der Waals surface area contributed by atoms with Crippen LogP contribution in [-0.2, 0) is 25.9 Å². The van der Waals surface area contributed by atoms with Crippen molar-refractivity contribution in [2.24, 2.45) is 0 Å². The lowest BCUT2D eigenvalue weighted by Crippen LogP contribution is -2.22. The molecule has 0 saturated heterocycles. The SMILES string of the molecule is CCn1c2c(c3cc(C(=O)NCc4ccc5nc(N)nc(N)c5c4)ccc31)CCC2. The number of hydrogen-bond donors (Lipinski definition) is 3. The second-order valence-electron chi connectivity index (χ2n) is 7.76. The van der Waals surface area contributed by atoms with Crippen molar-refractivity contribution in [2.45, 2.75) is 39.3 Å². The number of fused-ring (bicyclic) bond motifs is 4. The Morgan fingerprint density at radius 1 is 1.10 bits per heavy atom. The van der Waals surface area contributed by atoms with Gasteiger partial charge in [0, 0.05) is 40.6 Å². The first-order valence-electron chi connectivity index (χ1n) is 10.3. The molecule has 0 spiro atoms. The van der Waals surface area contributed by atoms with E-state index >= 15 is 0 Å². The molecule has 0 unspecified atom stereocenters. The Balaban J connectivity index is 1.39. The number of nitrogens with zero attached hydrogens (tertiary/aromatic N) is 3. The molecule has 7 nitrogen and oxygen atoms in total. The maximum atomic E-state index is 12.8. The van der Waals surface area contributed by atoms with E-state index in [1.165, 1.54) is 28.6 Å². The second kappa shape index (κ2) is 7.02. The molecule has 30 heavy (non-hydrogen) atoms. The highest BCUT2D eigenvalue weighted by molar-refractivity contribution is 5.99. The number of hydrogen-bond acceptors (Lipinski definition) is 5. The van der Waals surface area contributed by atoms with Gasteiger partial charge in [-0.15, -0.1) is 0 Å². The van der Waals surface area contributed by atoms with E-state index in [1.54, 1.807) is 0 Å². The molecule has 0 bridgehead atoms. The van der Waals surface area contributed by atoms with Crippen molar-refractivity contribution in [3.63, 3.8) is 0 Å². The average molecular weight is 400 g/mol. The molecule has 2 aromatic carbocycles. The summed E-state index contributed by atoms with van der Waals surface area (Å²) in [6, 6.07) is 11.7. The lowest BCUT2D eigenvalue weighted by molar-refractivity contribution is 0.0951. The molecule has 0 saturated carbocycles. The molecule has 5 N–H and O–H groups in total. The van der Waals surface area contributed by atoms with Crippen LogP contribution >= 0.6 is 0 Å². The standard InChI is InChI=1S/C23H24N6O/c1-2-29-19-5-3-4-15(19)16-11-14(7-9-20(16)29)22(30)26-12-13-6-8-18-17(10-13)21(24)28-23(25)27-18/h6-11H,2-5,12H2,1H3,(H,26,30)(H4,24,25,27,28). The van der Waals surface area contributed by atoms with Crippen molar-refractivity contribution >= 4 is 39.5 Å². The van der Waals surface area contributed by atoms with E-state index in [-0.39, 0.29) is 11.9 Å². The van der Waals surface area contributed by atoms with Crippen LogP contribution in [-0.4, -0.2) is 20.4 Å². The minimum absolute atomic E-state index is 0.0884. The van der Waals surface area contributed by atoms with Gasteiger partial charge in [0.05, 0.1) is 5.52 Å². The first-order valence-corrected chi connectivity index (χ1v) is 10.3. The van der Waals surface area contributed by atoms with Gasteiger partial charge in [-0.3, -0.25) is 4.79 Å². The smallest absolute Gasteiger partial charge is 0.251 e. The van der Waals surface area contributed by atoms with Crippen LogP contribution in [0.15, 0.2) is 36.4 Å². The lowest BCUT2D eigenvalue weighted by Gasteiger charge is -2.09. The Bertz CT molecular complexity index is 1310. The Labute approximate surface area is 174 Å². The van der Waals surface area contributed by atoms with Gasteiger partial charge >= 0.3 is 0 Å².